The fourth-order valence-corrected chi connectivity index (χ4v) is 2.71. The number of ether oxygens (including phenoxy) is 1. The van der Waals surface area contributed by atoms with E-state index in [1.54, 1.807) is 0 Å². The molecule has 0 aromatic carbocycles. The predicted molar refractivity (Wildman–Crippen MR) is 62.8 cm³/mol. The second-order valence-corrected chi connectivity index (χ2v) is 5.98. The molecule has 2 heterocycles. The van der Waals surface area contributed by atoms with Crippen LogP contribution >= 0.6 is 0 Å². The van der Waals surface area contributed by atoms with E-state index in [1.165, 1.54) is 19.3 Å². The number of piperidine rings is 1. The molecule has 2 aliphatic rings. The van der Waals surface area contributed by atoms with Gasteiger partial charge in [-0.3, -0.25) is 4.90 Å². The fourth-order valence-electron chi connectivity index (χ4n) is 2.71. The van der Waals surface area contributed by atoms with Crippen molar-refractivity contribution in [2.45, 2.75) is 57.6 Å². The van der Waals surface area contributed by atoms with Crippen LogP contribution in [0, 0.1) is 0 Å². The highest BCUT2D eigenvalue weighted by atomic mass is 16.5. The maximum atomic E-state index is 5.93. The topological polar surface area (TPSA) is 12.5 Å². The third-order valence-corrected chi connectivity index (χ3v) is 3.84. The number of likely N-dealkylation sites (tertiary alicyclic amines) is 1. The van der Waals surface area contributed by atoms with Gasteiger partial charge in [-0.15, -0.1) is 0 Å². The first-order chi connectivity index (χ1) is 6.91. The second kappa shape index (κ2) is 3.51. The van der Waals surface area contributed by atoms with Gasteiger partial charge in [0.15, 0.2) is 0 Å². The molecule has 0 aromatic heterocycles. The van der Waals surface area contributed by atoms with Gasteiger partial charge in [-0.05, 0) is 40.0 Å². The molecule has 15 heavy (non-hydrogen) atoms. The zero-order valence-corrected chi connectivity index (χ0v) is 10.3. The van der Waals surface area contributed by atoms with Crippen molar-refractivity contribution in [2.24, 2.45) is 0 Å². The predicted octanol–water partition coefficient (Wildman–Crippen LogP) is 2.94. The zero-order valence-electron chi connectivity index (χ0n) is 10.3. The van der Waals surface area contributed by atoms with E-state index in [0.717, 1.165) is 25.3 Å². The number of rotatable bonds is 0. The molecule has 0 aliphatic carbocycles. The first kappa shape index (κ1) is 11.0. The SMILES string of the molecule is C=C1CCC2(CCN(C(C)(C)C)CC2)O1. The molecule has 2 fully saturated rings. The molecular formula is C13H23NO. The molecule has 0 N–H and O–H groups in total. The lowest BCUT2D eigenvalue weighted by Crippen LogP contribution is -2.51. The quantitative estimate of drug-likeness (QED) is 0.608. The molecule has 2 heteroatoms. The molecule has 0 amide bonds. The summed E-state index contributed by atoms with van der Waals surface area (Å²) in [6.45, 7) is 13.1. The molecule has 0 bridgehead atoms. The molecule has 2 nitrogen and oxygen atoms in total. The Hall–Kier alpha value is -0.500. The highest BCUT2D eigenvalue weighted by molar-refractivity contribution is 5.03. The summed E-state index contributed by atoms with van der Waals surface area (Å²) in [6, 6.07) is 0. The van der Waals surface area contributed by atoms with Crippen molar-refractivity contribution in [3.8, 4) is 0 Å². The Balaban J connectivity index is 1.95. The van der Waals surface area contributed by atoms with Gasteiger partial charge in [0.1, 0.15) is 5.60 Å². The van der Waals surface area contributed by atoms with E-state index in [-0.39, 0.29) is 5.60 Å². The summed E-state index contributed by atoms with van der Waals surface area (Å²) >= 11 is 0. The standard InChI is InChI=1S/C13H23NO/c1-11-5-6-13(15-11)7-9-14(10-8-13)12(2,3)4/h1,5-10H2,2-4H3. The normalized spacial score (nSPS) is 27.0. The van der Waals surface area contributed by atoms with Crippen LogP contribution in [0.2, 0.25) is 0 Å². The lowest BCUT2D eigenvalue weighted by atomic mass is 9.86. The van der Waals surface area contributed by atoms with Crippen molar-refractivity contribution in [3.05, 3.63) is 12.3 Å². The van der Waals surface area contributed by atoms with Crippen LogP contribution < -0.4 is 0 Å². The summed E-state index contributed by atoms with van der Waals surface area (Å²) < 4.78 is 5.93. The third-order valence-electron chi connectivity index (χ3n) is 3.84. The van der Waals surface area contributed by atoms with Crippen LogP contribution in [0.4, 0.5) is 0 Å². The Kier molecular flexibility index (Phi) is 2.58. The summed E-state index contributed by atoms with van der Waals surface area (Å²) in [5.41, 5.74) is 0.454. The van der Waals surface area contributed by atoms with E-state index in [0.29, 0.717) is 5.54 Å². The first-order valence-corrected chi connectivity index (χ1v) is 6.03. The zero-order chi connectivity index (χ0) is 11.1. The van der Waals surface area contributed by atoms with Crippen LogP contribution in [0.1, 0.15) is 46.5 Å². The molecule has 1 spiro atoms. The molecular weight excluding hydrogens is 186 g/mol. The minimum Gasteiger partial charge on any atom is -0.492 e. The van der Waals surface area contributed by atoms with Gasteiger partial charge < -0.3 is 4.74 Å². The summed E-state index contributed by atoms with van der Waals surface area (Å²) in [5.74, 6) is 0.999. The largest absolute Gasteiger partial charge is 0.492 e. The van der Waals surface area contributed by atoms with Gasteiger partial charge in [-0.2, -0.15) is 0 Å². The van der Waals surface area contributed by atoms with Gasteiger partial charge in [0.25, 0.3) is 0 Å². The minimum absolute atomic E-state index is 0.152. The highest BCUT2D eigenvalue weighted by Crippen LogP contribution is 2.40. The van der Waals surface area contributed by atoms with Crippen LogP contribution in [-0.2, 0) is 4.74 Å². The second-order valence-electron chi connectivity index (χ2n) is 5.98. The van der Waals surface area contributed by atoms with Crippen LogP contribution in [-0.4, -0.2) is 29.1 Å². The number of nitrogens with zero attached hydrogens (tertiary/aromatic N) is 1. The van der Waals surface area contributed by atoms with Gasteiger partial charge in [0.05, 0.1) is 5.76 Å². The Morgan fingerprint density at radius 2 is 1.80 bits per heavy atom. The summed E-state index contributed by atoms with van der Waals surface area (Å²) in [7, 11) is 0. The molecule has 0 unspecified atom stereocenters. The van der Waals surface area contributed by atoms with E-state index in [1.807, 2.05) is 0 Å². The maximum Gasteiger partial charge on any atom is 0.111 e. The lowest BCUT2D eigenvalue weighted by Gasteiger charge is -2.44. The maximum absolute atomic E-state index is 5.93. The van der Waals surface area contributed by atoms with Crippen LogP contribution in [0.5, 0.6) is 0 Å². The van der Waals surface area contributed by atoms with Crippen molar-refractivity contribution in [1.82, 2.24) is 4.90 Å². The van der Waals surface area contributed by atoms with E-state index in [9.17, 15) is 0 Å². The number of allylic oxidation sites excluding steroid dienone is 1. The van der Waals surface area contributed by atoms with Crippen LogP contribution in [0.25, 0.3) is 0 Å². The third kappa shape index (κ3) is 2.20. The average molecular weight is 209 g/mol. The summed E-state index contributed by atoms with van der Waals surface area (Å²) in [5, 5.41) is 0. The smallest absolute Gasteiger partial charge is 0.111 e. The van der Waals surface area contributed by atoms with Crippen molar-refractivity contribution in [1.29, 1.82) is 0 Å². The average Bonchev–Trinajstić information content (AvgIpc) is 2.47. The molecule has 2 saturated heterocycles. The molecule has 2 aliphatic heterocycles. The van der Waals surface area contributed by atoms with Crippen LogP contribution in [0.3, 0.4) is 0 Å². The van der Waals surface area contributed by atoms with Crippen molar-refractivity contribution >= 4 is 0 Å². The fraction of sp³-hybridized carbons (Fsp3) is 0.846. The van der Waals surface area contributed by atoms with E-state index in [2.05, 4.69) is 32.3 Å². The molecule has 0 aromatic rings. The number of hydrogen-bond acceptors (Lipinski definition) is 2. The Morgan fingerprint density at radius 3 is 2.20 bits per heavy atom. The monoisotopic (exact) mass is 209 g/mol. The van der Waals surface area contributed by atoms with Gasteiger partial charge in [0, 0.05) is 25.0 Å². The molecule has 0 saturated carbocycles. The Morgan fingerprint density at radius 1 is 1.20 bits per heavy atom. The van der Waals surface area contributed by atoms with E-state index in [4.69, 9.17) is 4.74 Å². The Bertz CT molecular complexity index is 256. The van der Waals surface area contributed by atoms with Gasteiger partial charge >= 0.3 is 0 Å². The molecule has 0 atom stereocenters. The van der Waals surface area contributed by atoms with Gasteiger partial charge in [-0.25, -0.2) is 0 Å². The van der Waals surface area contributed by atoms with Crippen molar-refractivity contribution < 1.29 is 4.74 Å². The van der Waals surface area contributed by atoms with Crippen LogP contribution in [0.15, 0.2) is 12.3 Å². The first-order valence-electron chi connectivity index (χ1n) is 6.03. The van der Waals surface area contributed by atoms with E-state index >= 15 is 0 Å². The van der Waals surface area contributed by atoms with E-state index < -0.39 is 0 Å². The van der Waals surface area contributed by atoms with Gasteiger partial charge in [0.2, 0.25) is 0 Å². The molecule has 0 radical (unpaired) electrons. The van der Waals surface area contributed by atoms with Gasteiger partial charge in [-0.1, -0.05) is 6.58 Å². The summed E-state index contributed by atoms with van der Waals surface area (Å²) in [4.78, 5) is 2.56. The summed E-state index contributed by atoms with van der Waals surface area (Å²) in [6.07, 6.45) is 4.59. The van der Waals surface area contributed by atoms with Crippen molar-refractivity contribution in [2.75, 3.05) is 13.1 Å². The molecule has 2 rings (SSSR count). The number of hydrogen-bond donors (Lipinski definition) is 0. The highest BCUT2D eigenvalue weighted by Gasteiger charge is 2.42. The van der Waals surface area contributed by atoms with Crippen molar-refractivity contribution in [3.63, 3.8) is 0 Å². The lowest BCUT2D eigenvalue weighted by molar-refractivity contribution is -0.0381. The Labute approximate surface area is 93.3 Å². The minimum atomic E-state index is 0.152. The molecule has 86 valence electrons.